The van der Waals surface area contributed by atoms with Gasteiger partial charge in [0.15, 0.2) is 0 Å². The van der Waals surface area contributed by atoms with Crippen LogP contribution in [-0.2, 0) is 14.3 Å². The van der Waals surface area contributed by atoms with Gasteiger partial charge in [0.25, 0.3) is 0 Å². The summed E-state index contributed by atoms with van der Waals surface area (Å²) in [5.74, 6) is 1.00. The zero-order valence-electron chi connectivity index (χ0n) is 15.3. The van der Waals surface area contributed by atoms with Crippen molar-refractivity contribution in [2.45, 2.75) is 25.8 Å². The fraction of sp³-hybridized carbons (Fsp3) is 0.333. The molecule has 0 spiro atoms. The van der Waals surface area contributed by atoms with Crippen LogP contribution in [0.5, 0.6) is 11.5 Å². The van der Waals surface area contributed by atoms with Gasteiger partial charge in [0.05, 0.1) is 0 Å². The second-order valence-electron chi connectivity index (χ2n) is 6.55. The van der Waals surface area contributed by atoms with Crippen molar-refractivity contribution in [2.24, 2.45) is 5.92 Å². The van der Waals surface area contributed by atoms with Gasteiger partial charge in [-0.2, -0.15) is 0 Å². The summed E-state index contributed by atoms with van der Waals surface area (Å²) < 4.78 is 11.0. The van der Waals surface area contributed by atoms with Gasteiger partial charge in [-0.25, -0.2) is 0 Å². The lowest BCUT2D eigenvalue weighted by molar-refractivity contribution is -0.131. The highest BCUT2D eigenvalue weighted by Crippen LogP contribution is 2.22. The minimum absolute atomic E-state index is 0.0802. The normalized spacial score (nSPS) is 15.6. The third-order valence-corrected chi connectivity index (χ3v) is 4.44. The molecule has 1 saturated heterocycles. The highest BCUT2D eigenvalue weighted by Gasteiger charge is 2.24. The third kappa shape index (κ3) is 5.56. The van der Waals surface area contributed by atoms with Crippen molar-refractivity contribution in [2.75, 3.05) is 18.5 Å². The lowest BCUT2D eigenvalue weighted by Crippen LogP contribution is -2.45. The third-order valence-electron chi connectivity index (χ3n) is 4.44. The molecular weight excluding hydrogens is 344 g/mol. The summed E-state index contributed by atoms with van der Waals surface area (Å²) >= 11 is 0. The quantitative estimate of drug-likeness (QED) is 0.820. The molecular formula is C21H24N2O4. The number of anilines is 1. The van der Waals surface area contributed by atoms with Crippen LogP contribution in [0.15, 0.2) is 54.6 Å². The van der Waals surface area contributed by atoms with Gasteiger partial charge < -0.3 is 20.1 Å². The molecule has 142 valence electrons. The molecule has 2 N–H and O–H groups in total. The molecule has 0 aliphatic carbocycles. The van der Waals surface area contributed by atoms with Crippen molar-refractivity contribution < 1.29 is 19.1 Å². The van der Waals surface area contributed by atoms with E-state index in [-0.39, 0.29) is 17.7 Å². The maximum atomic E-state index is 12.3. The minimum Gasteiger partial charge on any atom is -0.457 e. The summed E-state index contributed by atoms with van der Waals surface area (Å²) in [7, 11) is 0. The summed E-state index contributed by atoms with van der Waals surface area (Å²) in [6, 6.07) is 16.0. The Kier molecular flexibility index (Phi) is 6.44. The first-order chi connectivity index (χ1) is 13.1. The van der Waals surface area contributed by atoms with Crippen molar-refractivity contribution >= 4 is 17.5 Å². The molecule has 1 atom stereocenters. The fourth-order valence-corrected chi connectivity index (χ4v) is 2.84. The number of ether oxygens (including phenoxy) is 2. The van der Waals surface area contributed by atoms with Crippen LogP contribution in [-0.4, -0.2) is 31.1 Å². The highest BCUT2D eigenvalue weighted by atomic mass is 16.5. The van der Waals surface area contributed by atoms with Gasteiger partial charge in [-0.05, 0) is 56.2 Å². The van der Waals surface area contributed by atoms with E-state index in [0.29, 0.717) is 37.5 Å². The van der Waals surface area contributed by atoms with Crippen molar-refractivity contribution in [1.82, 2.24) is 5.32 Å². The van der Waals surface area contributed by atoms with E-state index in [2.05, 4.69) is 10.6 Å². The number of amides is 2. The first-order valence-corrected chi connectivity index (χ1v) is 9.14. The predicted molar refractivity (Wildman–Crippen MR) is 103 cm³/mol. The van der Waals surface area contributed by atoms with Crippen LogP contribution in [0.4, 0.5) is 5.69 Å². The molecule has 0 bridgehead atoms. The second-order valence-corrected chi connectivity index (χ2v) is 6.55. The monoisotopic (exact) mass is 368 g/mol. The van der Waals surface area contributed by atoms with Crippen molar-refractivity contribution in [1.29, 1.82) is 0 Å². The van der Waals surface area contributed by atoms with Gasteiger partial charge in [-0.15, -0.1) is 0 Å². The molecule has 27 heavy (non-hydrogen) atoms. The second kappa shape index (κ2) is 9.19. The molecule has 2 amide bonds. The van der Waals surface area contributed by atoms with E-state index in [1.807, 2.05) is 30.3 Å². The molecule has 2 aromatic carbocycles. The summed E-state index contributed by atoms with van der Waals surface area (Å²) in [6.07, 6.45) is 1.39. The average Bonchev–Trinajstić information content (AvgIpc) is 2.71. The molecule has 6 nitrogen and oxygen atoms in total. The standard InChI is InChI=1S/C21H24N2O4/c1-15(22-21(25)16-11-13-26-14-12-16)20(24)23-17-7-9-19(10-8-17)27-18-5-3-2-4-6-18/h2-10,15-16H,11-14H2,1H3,(H,22,25)(H,23,24). The minimum atomic E-state index is -0.611. The van der Waals surface area contributed by atoms with Gasteiger partial charge in [0, 0.05) is 24.8 Å². The smallest absolute Gasteiger partial charge is 0.246 e. The maximum Gasteiger partial charge on any atom is 0.246 e. The Labute approximate surface area is 158 Å². The molecule has 1 aliphatic heterocycles. The number of carbonyl (C=O) groups is 2. The average molecular weight is 368 g/mol. The number of nitrogens with one attached hydrogen (secondary N) is 2. The van der Waals surface area contributed by atoms with E-state index in [1.54, 1.807) is 31.2 Å². The van der Waals surface area contributed by atoms with Crippen LogP contribution in [0.2, 0.25) is 0 Å². The summed E-state index contributed by atoms with van der Waals surface area (Å²) in [5.41, 5.74) is 0.646. The molecule has 3 rings (SSSR count). The number of rotatable bonds is 6. The summed E-state index contributed by atoms with van der Waals surface area (Å²) in [5, 5.41) is 5.59. The molecule has 1 aliphatic rings. The first-order valence-electron chi connectivity index (χ1n) is 9.14. The Morgan fingerprint density at radius 3 is 2.30 bits per heavy atom. The SMILES string of the molecule is CC(NC(=O)C1CCOCC1)C(=O)Nc1ccc(Oc2ccccc2)cc1. The zero-order chi connectivity index (χ0) is 19.1. The molecule has 1 fully saturated rings. The lowest BCUT2D eigenvalue weighted by atomic mass is 9.99. The molecule has 0 saturated carbocycles. The van der Waals surface area contributed by atoms with Gasteiger partial charge in [-0.3, -0.25) is 9.59 Å². The number of hydrogen-bond donors (Lipinski definition) is 2. The van der Waals surface area contributed by atoms with Crippen molar-refractivity contribution in [3.05, 3.63) is 54.6 Å². The first kappa shape index (κ1) is 18.9. The Hall–Kier alpha value is -2.86. The van der Waals surface area contributed by atoms with E-state index >= 15 is 0 Å². The van der Waals surface area contributed by atoms with Gasteiger partial charge >= 0.3 is 0 Å². The zero-order valence-corrected chi connectivity index (χ0v) is 15.3. The van der Waals surface area contributed by atoms with Crippen LogP contribution < -0.4 is 15.4 Å². The maximum absolute atomic E-state index is 12.3. The van der Waals surface area contributed by atoms with Gasteiger partial charge in [0.1, 0.15) is 17.5 Å². The highest BCUT2D eigenvalue weighted by molar-refractivity contribution is 5.97. The topological polar surface area (TPSA) is 76.7 Å². The molecule has 0 radical (unpaired) electrons. The Balaban J connectivity index is 1.50. The Bertz CT molecular complexity index is 756. The van der Waals surface area contributed by atoms with Crippen LogP contribution in [0.3, 0.4) is 0 Å². The molecule has 0 aromatic heterocycles. The summed E-state index contributed by atoms with van der Waals surface area (Å²) in [4.78, 5) is 24.5. The van der Waals surface area contributed by atoms with E-state index in [1.165, 1.54) is 0 Å². The van der Waals surface area contributed by atoms with E-state index in [4.69, 9.17) is 9.47 Å². The molecule has 2 aromatic rings. The lowest BCUT2D eigenvalue weighted by Gasteiger charge is -2.23. The number of carbonyl (C=O) groups excluding carboxylic acids is 2. The van der Waals surface area contributed by atoms with Crippen molar-refractivity contribution in [3.8, 4) is 11.5 Å². The molecule has 6 heteroatoms. The number of benzene rings is 2. The van der Waals surface area contributed by atoms with Gasteiger partial charge in [-0.1, -0.05) is 18.2 Å². The Morgan fingerprint density at radius 2 is 1.63 bits per heavy atom. The molecule has 1 heterocycles. The van der Waals surface area contributed by atoms with E-state index < -0.39 is 6.04 Å². The van der Waals surface area contributed by atoms with Crippen LogP contribution in [0.1, 0.15) is 19.8 Å². The number of hydrogen-bond acceptors (Lipinski definition) is 4. The van der Waals surface area contributed by atoms with Crippen LogP contribution in [0.25, 0.3) is 0 Å². The van der Waals surface area contributed by atoms with E-state index in [0.717, 1.165) is 5.75 Å². The molecule has 1 unspecified atom stereocenters. The number of para-hydroxylation sites is 1. The van der Waals surface area contributed by atoms with Crippen molar-refractivity contribution in [3.63, 3.8) is 0 Å². The van der Waals surface area contributed by atoms with Crippen LogP contribution in [0, 0.1) is 5.92 Å². The van der Waals surface area contributed by atoms with E-state index in [9.17, 15) is 9.59 Å². The largest absolute Gasteiger partial charge is 0.457 e. The summed E-state index contributed by atoms with van der Waals surface area (Å²) in [6.45, 7) is 2.87. The predicted octanol–water partition coefficient (Wildman–Crippen LogP) is 3.35. The van der Waals surface area contributed by atoms with Crippen LogP contribution >= 0.6 is 0 Å². The Morgan fingerprint density at radius 1 is 1.00 bits per heavy atom. The van der Waals surface area contributed by atoms with Gasteiger partial charge in [0.2, 0.25) is 11.8 Å². The fourth-order valence-electron chi connectivity index (χ4n) is 2.84.